The van der Waals surface area contributed by atoms with Gasteiger partial charge in [-0.25, -0.2) is 14.5 Å². The van der Waals surface area contributed by atoms with Crippen molar-refractivity contribution in [1.29, 1.82) is 0 Å². The van der Waals surface area contributed by atoms with Gasteiger partial charge in [0.15, 0.2) is 5.65 Å². The molecule has 11 heteroatoms. The van der Waals surface area contributed by atoms with E-state index in [4.69, 9.17) is 4.74 Å². The van der Waals surface area contributed by atoms with E-state index in [1.165, 1.54) is 0 Å². The summed E-state index contributed by atoms with van der Waals surface area (Å²) in [6.07, 6.45) is 5.35. The van der Waals surface area contributed by atoms with Crippen LogP contribution >= 0.6 is 24.8 Å². The molecule has 37 heavy (non-hydrogen) atoms. The van der Waals surface area contributed by atoms with E-state index in [0.717, 1.165) is 29.7 Å². The summed E-state index contributed by atoms with van der Waals surface area (Å²) in [7, 11) is 0. The molecule has 1 aliphatic rings. The van der Waals surface area contributed by atoms with Crippen molar-refractivity contribution in [3.05, 3.63) is 47.9 Å². The number of ether oxygens (including phenoxy) is 1. The van der Waals surface area contributed by atoms with E-state index >= 15 is 0 Å². The van der Waals surface area contributed by atoms with Crippen LogP contribution in [0.25, 0.3) is 28.3 Å². The molecule has 9 nitrogen and oxygen atoms in total. The number of halogens is 2. The lowest BCUT2D eigenvalue weighted by Crippen LogP contribution is -2.60. The number of rotatable bonds is 4. The number of aryl methyl sites for hydroxylation is 2. The number of nitrogens with zero attached hydrogens (tertiary/aromatic N) is 6. The molecule has 5 rings (SSSR count). The van der Waals surface area contributed by atoms with E-state index in [9.17, 15) is 5.11 Å². The fourth-order valence-corrected chi connectivity index (χ4v) is 5.17. The second-order valence-electron chi connectivity index (χ2n) is 10.8. The lowest BCUT2D eigenvalue weighted by Gasteiger charge is -2.46. The average Bonchev–Trinajstić information content (AvgIpc) is 3.13. The van der Waals surface area contributed by atoms with Crippen LogP contribution in [-0.2, 0) is 0 Å². The molecule has 1 saturated heterocycles. The van der Waals surface area contributed by atoms with Crippen LogP contribution in [0.4, 0.5) is 0 Å². The molecule has 5 heterocycles. The summed E-state index contributed by atoms with van der Waals surface area (Å²) >= 11 is 0. The van der Waals surface area contributed by atoms with Crippen molar-refractivity contribution in [2.45, 2.75) is 71.6 Å². The summed E-state index contributed by atoms with van der Waals surface area (Å²) in [6.45, 7) is 12.6. The van der Waals surface area contributed by atoms with Crippen molar-refractivity contribution in [2.75, 3.05) is 0 Å². The molecule has 0 saturated carbocycles. The smallest absolute Gasteiger partial charge is 0.233 e. The van der Waals surface area contributed by atoms with Gasteiger partial charge in [0.05, 0.1) is 17.6 Å². The summed E-state index contributed by atoms with van der Waals surface area (Å²) in [4.78, 5) is 8.94. The van der Waals surface area contributed by atoms with Crippen LogP contribution in [0.15, 0.2) is 36.7 Å². The molecule has 0 radical (unpaired) electrons. The first kappa shape index (κ1) is 28.6. The van der Waals surface area contributed by atoms with Crippen LogP contribution in [0.3, 0.4) is 0 Å². The zero-order valence-electron chi connectivity index (χ0n) is 21.8. The standard InChI is InChI=1S/C26H31N7O2.2ClH/c1-15-9-20(31-33-14-16(2)28-24(15)33)17-10-21(34)23(27-13-17)19-7-8-22(30-29-19)35-18-11-25(3,4)32-26(5,6)12-18;;/h7-10,13-14,18,32,34H,11-12H2,1-6H3;2*1H. The minimum atomic E-state index is -0.0220. The molecule has 0 spiro atoms. The number of imidazole rings is 1. The van der Waals surface area contributed by atoms with Gasteiger partial charge in [-0.1, -0.05) is 0 Å². The predicted octanol–water partition coefficient (Wildman–Crippen LogP) is 5.10. The maximum atomic E-state index is 10.7. The number of pyridine rings is 1. The number of hydrogen-bond donors (Lipinski definition) is 2. The van der Waals surface area contributed by atoms with E-state index in [1.807, 2.05) is 26.1 Å². The van der Waals surface area contributed by atoms with E-state index in [0.29, 0.717) is 28.5 Å². The summed E-state index contributed by atoms with van der Waals surface area (Å²) in [5.74, 6) is 0.473. The maximum absolute atomic E-state index is 10.7. The highest BCUT2D eigenvalue weighted by atomic mass is 35.5. The van der Waals surface area contributed by atoms with Gasteiger partial charge < -0.3 is 15.2 Å². The van der Waals surface area contributed by atoms with E-state index < -0.39 is 0 Å². The van der Waals surface area contributed by atoms with Gasteiger partial charge in [0, 0.05) is 41.7 Å². The first-order valence-corrected chi connectivity index (χ1v) is 11.8. The Bertz CT molecular complexity index is 1390. The van der Waals surface area contributed by atoms with E-state index in [1.54, 1.807) is 28.9 Å². The number of piperidine rings is 1. The predicted molar refractivity (Wildman–Crippen MR) is 148 cm³/mol. The zero-order chi connectivity index (χ0) is 25.0. The third kappa shape index (κ3) is 6.11. The van der Waals surface area contributed by atoms with E-state index in [-0.39, 0.29) is 47.7 Å². The number of fused-ring (bicyclic) bond motifs is 1. The molecule has 198 valence electrons. The van der Waals surface area contributed by atoms with Crippen LogP contribution in [0.1, 0.15) is 51.8 Å². The normalized spacial score (nSPS) is 16.6. The van der Waals surface area contributed by atoms with Gasteiger partial charge in [-0.3, -0.25) is 0 Å². The van der Waals surface area contributed by atoms with Crippen LogP contribution in [0, 0.1) is 13.8 Å². The molecule has 1 fully saturated rings. The number of nitrogens with one attached hydrogen (secondary N) is 1. The Hall–Kier alpha value is -3.01. The topological polar surface area (TPSA) is 110 Å². The fourth-order valence-electron chi connectivity index (χ4n) is 5.17. The molecular formula is C26H33Cl2N7O2. The fraction of sp³-hybridized carbons (Fsp3) is 0.423. The average molecular weight is 547 g/mol. The van der Waals surface area contributed by atoms with Gasteiger partial charge in [0.25, 0.3) is 0 Å². The molecule has 2 N–H and O–H groups in total. The van der Waals surface area contributed by atoms with Crippen LogP contribution in [0.2, 0.25) is 0 Å². The van der Waals surface area contributed by atoms with Crippen molar-refractivity contribution < 1.29 is 9.84 Å². The zero-order valence-corrected chi connectivity index (χ0v) is 23.4. The number of aromatic nitrogens is 6. The highest BCUT2D eigenvalue weighted by Crippen LogP contribution is 2.32. The summed E-state index contributed by atoms with van der Waals surface area (Å²) < 4.78 is 7.91. The highest BCUT2D eigenvalue weighted by molar-refractivity contribution is 5.85. The van der Waals surface area contributed by atoms with E-state index in [2.05, 4.69) is 58.3 Å². The Morgan fingerprint density at radius 1 is 1.00 bits per heavy atom. The van der Waals surface area contributed by atoms with Crippen molar-refractivity contribution in [3.63, 3.8) is 0 Å². The Balaban J connectivity index is 0.00000190. The van der Waals surface area contributed by atoms with Gasteiger partial charge in [0.2, 0.25) is 5.88 Å². The molecule has 4 aromatic rings. The first-order valence-electron chi connectivity index (χ1n) is 11.8. The lowest BCUT2D eigenvalue weighted by atomic mass is 9.81. The Morgan fingerprint density at radius 2 is 1.70 bits per heavy atom. The molecule has 0 unspecified atom stereocenters. The monoisotopic (exact) mass is 545 g/mol. The summed E-state index contributed by atoms with van der Waals surface area (Å²) in [5.41, 5.74) is 4.88. The second kappa shape index (κ2) is 10.4. The molecular weight excluding hydrogens is 513 g/mol. The molecule has 0 aromatic carbocycles. The minimum Gasteiger partial charge on any atom is -0.506 e. The number of hydrogen-bond acceptors (Lipinski definition) is 8. The second-order valence-corrected chi connectivity index (χ2v) is 10.8. The quantitative estimate of drug-likeness (QED) is 0.364. The van der Waals surface area contributed by atoms with Gasteiger partial charge in [-0.15, -0.1) is 35.0 Å². The van der Waals surface area contributed by atoms with Gasteiger partial charge in [-0.05, 0) is 65.3 Å². The lowest BCUT2D eigenvalue weighted by molar-refractivity contribution is 0.0524. The molecule has 0 atom stereocenters. The van der Waals surface area contributed by atoms with Crippen molar-refractivity contribution in [3.8, 4) is 34.3 Å². The first-order chi connectivity index (χ1) is 16.5. The van der Waals surface area contributed by atoms with Crippen LogP contribution < -0.4 is 10.1 Å². The molecule has 1 aliphatic heterocycles. The van der Waals surface area contributed by atoms with Gasteiger partial charge in [0.1, 0.15) is 23.2 Å². The largest absolute Gasteiger partial charge is 0.506 e. The Kier molecular flexibility index (Phi) is 8.02. The van der Waals surface area contributed by atoms with Gasteiger partial charge in [-0.2, -0.15) is 5.10 Å². The van der Waals surface area contributed by atoms with Gasteiger partial charge >= 0.3 is 0 Å². The summed E-state index contributed by atoms with van der Waals surface area (Å²) in [6, 6.07) is 7.13. The highest BCUT2D eigenvalue weighted by Gasteiger charge is 2.38. The Labute approximate surface area is 228 Å². The Morgan fingerprint density at radius 3 is 2.32 bits per heavy atom. The maximum Gasteiger partial charge on any atom is 0.233 e. The minimum absolute atomic E-state index is 0. The molecule has 0 bridgehead atoms. The van der Waals surface area contributed by atoms with Crippen molar-refractivity contribution in [2.24, 2.45) is 0 Å². The molecule has 4 aromatic heterocycles. The van der Waals surface area contributed by atoms with Crippen molar-refractivity contribution >= 4 is 30.5 Å². The summed E-state index contributed by atoms with van der Waals surface area (Å²) in [5, 5.41) is 27.5. The number of aromatic hydroxyl groups is 1. The van der Waals surface area contributed by atoms with Crippen LogP contribution in [-0.4, -0.2) is 52.1 Å². The third-order valence-electron chi connectivity index (χ3n) is 6.22. The molecule has 0 amide bonds. The van der Waals surface area contributed by atoms with Crippen LogP contribution in [0.5, 0.6) is 11.6 Å². The molecule has 0 aliphatic carbocycles. The SMILES string of the molecule is Cc1cn2nc(-c3cnc(-c4ccc(OC5CC(C)(C)NC(C)(C)C5)nn4)c(O)c3)cc(C)c2n1.Cl.Cl. The third-order valence-corrected chi connectivity index (χ3v) is 6.22. The van der Waals surface area contributed by atoms with Crippen molar-refractivity contribution in [1.82, 2.24) is 35.1 Å².